The molecule has 1 aromatic carbocycles. The van der Waals surface area contributed by atoms with Crippen LogP contribution >= 0.6 is 22.9 Å². The van der Waals surface area contributed by atoms with Crippen LogP contribution < -0.4 is 4.74 Å². The van der Waals surface area contributed by atoms with E-state index in [2.05, 4.69) is 4.98 Å². The lowest BCUT2D eigenvalue weighted by Crippen LogP contribution is -2.30. The van der Waals surface area contributed by atoms with Gasteiger partial charge in [0.05, 0.1) is 6.20 Å². The number of hydrogen-bond donors (Lipinski definition) is 0. The molecule has 0 radical (unpaired) electrons. The number of hydrogen-bond acceptors (Lipinski definition) is 5. The lowest BCUT2D eigenvalue weighted by Gasteiger charge is -2.16. The smallest absolute Gasteiger partial charge is 0.254 e. The Morgan fingerprint density at radius 1 is 1.38 bits per heavy atom. The summed E-state index contributed by atoms with van der Waals surface area (Å²) in [5.41, 5.74) is 1.01. The van der Waals surface area contributed by atoms with Gasteiger partial charge in [-0.3, -0.25) is 0 Å². The quantitative estimate of drug-likeness (QED) is 0.807. The zero-order valence-corrected chi connectivity index (χ0v) is 14.0. The van der Waals surface area contributed by atoms with Gasteiger partial charge in [0.2, 0.25) is 0 Å². The summed E-state index contributed by atoms with van der Waals surface area (Å²) in [6.45, 7) is 2.45. The first kappa shape index (κ1) is 16.2. The molecule has 0 amide bonds. The minimum Gasteiger partial charge on any atom is -0.492 e. The maximum atomic E-state index is 12.2. The number of aryl methyl sites for hydroxylation is 1. The molecule has 0 aliphatic carbocycles. The van der Waals surface area contributed by atoms with Gasteiger partial charge >= 0.3 is 0 Å². The molecule has 21 heavy (non-hydrogen) atoms. The minimum atomic E-state index is -3.56. The van der Waals surface area contributed by atoms with Crippen molar-refractivity contribution >= 4 is 33.0 Å². The van der Waals surface area contributed by atoms with E-state index in [4.69, 9.17) is 16.3 Å². The van der Waals surface area contributed by atoms with E-state index in [1.807, 2.05) is 31.2 Å². The Morgan fingerprint density at radius 2 is 2.10 bits per heavy atom. The van der Waals surface area contributed by atoms with Crippen LogP contribution in [0.3, 0.4) is 0 Å². The predicted octanol–water partition coefficient (Wildman–Crippen LogP) is 2.80. The monoisotopic (exact) mass is 346 g/mol. The second-order valence-electron chi connectivity index (χ2n) is 4.37. The van der Waals surface area contributed by atoms with E-state index < -0.39 is 10.0 Å². The van der Waals surface area contributed by atoms with Gasteiger partial charge in [0.15, 0.2) is 8.68 Å². The van der Waals surface area contributed by atoms with Crippen molar-refractivity contribution in [3.05, 3.63) is 40.5 Å². The van der Waals surface area contributed by atoms with Crippen LogP contribution in [0.5, 0.6) is 5.75 Å². The number of sulfonamides is 1. The lowest BCUT2D eigenvalue weighted by molar-refractivity contribution is 0.285. The topological polar surface area (TPSA) is 59.5 Å². The van der Waals surface area contributed by atoms with Crippen LogP contribution in [0.2, 0.25) is 4.47 Å². The highest BCUT2D eigenvalue weighted by Crippen LogP contribution is 2.24. The summed E-state index contributed by atoms with van der Waals surface area (Å²) in [7, 11) is -2.05. The lowest BCUT2D eigenvalue weighted by atomic mass is 10.2. The van der Waals surface area contributed by atoms with E-state index in [0.717, 1.165) is 22.6 Å². The molecule has 1 heterocycles. The van der Waals surface area contributed by atoms with Crippen LogP contribution in [-0.4, -0.2) is 37.9 Å². The fraction of sp³-hybridized carbons (Fsp3) is 0.308. The number of rotatable bonds is 6. The van der Waals surface area contributed by atoms with Crippen molar-refractivity contribution < 1.29 is 13.2 Å². The summed E-state index contributed by atoms with van der Waals surface area (Å²) in [5, 5.41) is 0. The highest BCUT2D eigenvalue weighted by Gasteiger charge is 2.23. The summed E-state index contributed by atoms with van der Waals surface area (Å²) >= 11 is 6.61. The Bertz CT molecular complexity index is 716. The number of thiazole rings is 1. The van der Waals surface area contributed by atoms with Crippen molar-refractivity contribution in [3.63, 3.8) is 0 Å². The third kappa shape index (κ3) is 3.94. The fourth-order valence-electron chi connectivity index (χ4n) is 1.63. The first-order valence-electron chi connectivity index (χ1n) is 6.17. The van der Waals surface area contributed by atoms with Gasteiger partial charge in [-0.15, -0.1) is 0 Å². The molecule has 0 N–H and O–H groups in total. The average Bonchev–Trinajstić information content (AvgIpc) is 2.88. The highest BCUT2D eigenvalue weighted by molar-refractivity contribution is 7.91. The maximum absolute atomic E-state index is 12.2. The Morgan fingerprint density at radius 3 is 2.71 bits per heavy atom. The maximum Gasteiger partial charge on any atom is 0.254 e. The Hall–Kier alpha value is -1.15. The number of aromatic nitrogens is 1. The molecular formula is C13H15ClN2O3S2. The van der Waals surface area contributed by atoms with Gasteiger partial charge in [-0.25, -0.2) is 13.4 Å². The van der Waals surface area contributed by atoms with Crippen molar-refractivity contribution in [3.8, 4) is 5.75 Å². The van der Waals surface area contributed by atoms with E-state index in [0.29, 0.717) is 0 Å². The third-order valence-corrected chi connectivity index (χ3v) is 6.29. The van der Waals surface area contributed by atoms with Crippen LogP contribution in [0.25, 0.3) is 0 Å². The number of para-hydroxylation sites is 1. The number of benzene rings is 1. The average molecular weight is 347 g/mol. The van der Waals surface area contributed by atoms with Crippen LogP contribution in [0.15, 0.2) is 34.7 Å². The Kier molecular flexibility index (Phi) is 5.21. The van der Waals surface area contributed by atoms with Crippen molar-refractivity contribution in [2.24, 2.45) is 0 Å². The third-order valence-electron chi connectivity index (χ3n) is 2.88. The van der Waals surface area contributed by atoms with Crippen molar-refractivity contribution in [1.82, 2.24) is 9.29 Å². The molecule has 0 unspecified atom stereocenters. The van der Waals surface area contributed by atoms with Gasteiger partial charge in [0, 0.05) is 13.6 Å². The molecule has 0 saturated heterocycles. The molecule has 0 spiro atoms. The predicted molar refractivity (Wildman–Crippen MR) is 83.6 cm³/mol. The van der Waals surface area contributed by atoms with Crippen LogP contribution in [-0.2, 0) is 10.0 Å². The molecule has 0 fully saturated rings. The molecule has 0 bridgehead atoms. The second kappa shape index (κ2) is 6.74. The normalized spacial score (nSPS) is 11.8. The highest BCUT2D eigenvalue weighted by atomic mass is 35.5. The minimum absolute atomic E-state index is 0.130. The van der Waals surface area contributed by atoms with Gasteiger partial charge in [-0.05, 0) is 18.6 Å². The molecule has 8 heteroatoms. The zero-order chi connectivity index (χ0) is 15.5. The molecule has 0 aliphatic rings. The molecule has 2 aromatic rings. The van der Waals surface area contributed by atoms with Gasteiger partial charge in [-0.1, -0.05) is 41.1 Å². The Balaban J connectivity index is 1.96. The largest absolute Gasteiger partial charge is 0.492 e. The van der Waals surface area contributed by atoms with Crippen LogP contribution in [0, 0.1) is 6.92 Å². The number of nitrogens with zero attached hydrogens (tertiary/aromatic N) is 2. The summed E-state index contributed by atoms with van der Waals surface area (Å²) < 4.78 is 31.6. The molecule has 0 saturated carbocycles. The molecule has 5 nitrogen and oxygen atoms in total. The number of halogens is 1. The molecule has 1 aromatic heterocycles. The summed E-state index contributed by atoms with van der Waals surface area (Å²) in [5.74, 6) is 0.754. The van der Waals surface area contributed by atoms with Gasteiger partial charge in [0.25, 0.3) is 10.0 Å². The SMILES string of the molecule is Cc1ccccc1OCCN(C)S(=O)(=O)c1cnc(Cl)s1. The van der Waals surface area contributed by atoms with Gasteiger partial charge in [-0.2, -0.15) is 4.31 Å². The van der Waals surface area contributed by atoms with E-state index in [-0.39, 0.29) is 21.8 Å². The molecule has 2 rings (SSSR count). The van der Waals surface area contributed by atoms with Crippen LogP contribution in [0.4, 0.5) is 0 Å². The Labute approximate surface area is 133 Å². The van der Waals surface area contributed by atoms with Crippen molar-refractivity contribution in [1.29, 1.82) is 0 Å². The molecule has 0 atom stereocenters. The van der Waals surface area contributed by atoms with Crippen LogP contribution in [0.1, 0.15) is 5.56 Å². The van der Waals surface area contributed by atoms with E-state index in [1.54, 1.807) is 0 Å². The van der Waals surface area contributed by atoms with E-state index >= 15 is 0 Å². The summed E-state index contributed by atoms with van der Waals surface area (Å²) in [4.78, 5) is 3.75. The summed E-state index contributed by atoms with van der Waals surface area (Å²) in [6.07, 6.45) is 1.26. The van der Waals surface area contributed by atoms with Gasteiger partial charge < -0.3 is 4.74 Å². The molecule has 114 valence electrons. The van der Waals surface area contributed by atoms with E-state index in [1.165, 1.54) is 17.5 Å². The van der Waals surface area contributed by atoms with E-state index in [9.17, 15) is 8.42 Å². The van der Waals surface area contributed by atoms with Gasteiger partial charge in [0.1, 0.15) is 12.4 Å². The standard InChI is InChI=1S/C13H15ClN2O3S2/c1-10-5-3-4-6-11(10)19-8-7-16(2)21(17,18)12-9-15-13(14)20-12/h3-6,9H,7-8H2,1-2H3. The fourth-order valence-corrected chi connectivity index (χ4v) is 4.29. The first-order chi connectivity index (χ1) is 9.91. The number of likely N-dealkylation sites (N-methyl/N-ethyl adjacent to an activating group) is 1. The molecule has 0 aliphatic heterocycles. The molecular weight excluding hydrogens is 332 g/mol. The second-order valence-corrected chi connectivity index (χ2v) is 8.26. The van der Waals surface area contributed by atoms with Crippen molar-refractivity contribution in [2.45, 2.75) is 11.1 Å². The number of ether oxygens (including phenoxy) is 1. The first-order valence-corrected chi connectivity index (χ1v) is 8.81. The summed E-state index contributed by atoms with van der Waals surface area (Å²) in [6, 6.07) is 7.59. The zero-order valence-electron chi connectivity index (χ0n) is 11.6. The van der Waals surface area contributed by atoms with Crippen molar-refractivity contribution in [2.75, 3.05) is 20.2 Å².